The Balaban J connectivity index is 1.50. The Labute approximate surface area is 180 Å². The van der Waals surface area contributed by atoms with Crippen molar-refractivity contribution in [2.75, 3.05) is 11.9 Å². The molecule has 0 spiro atoms. The Bertz CT molecular complexity index is 1000. The third-order valence-corrected chi connectivity index (χ3v) is 4.10. The molecule has 0 radical (unpaired) electrons. The lowest BCUT2D eigenvalue weighted by Crippen LogP contribution is -2.23. The van der Waals surface area contributed by atoms with Crippen LogP contribution in [0.25, 0.3) is 0 Å². The topological polar surface area (TPSA) is 72.0 Å². The summed E-state index contributed by atoms with van der Waals surface area (Å²) in [6, 6.07) is 23.4. The van der Waals surface area contributed by atoms with Crippen LogP contribution in [0.5, 0.6) is 11.5 Å². The minimum atomic E-state index is -0.432. The third kappa shape index (κ3) is 6.42. The predicted molar refractivity (Wildman–Crippen MR) is 122 cm³/mol. The molecule has 7 heteroatoms. The van der Waals surface area contributed by atoms with Crippen molar-refractivity contribution in [2.45, 2.75) is 6.92 Å². The number of carbonyl (C=O) groups is 1. The Morgan fingerprint density at radius 1 is 0.967 bits per heavy atom. The van der Waals surface area contributed by atoms with Gasteiger partial charge in [-0.3, -0.25) is 5.43 Å². The number of thiocarbonyl (C=S) groups is 1. The number of hydrogen-bond donors (Lipinski definition) is 2. The van der Waals surface area contributed by atoms with E-state index in [1.54, 1.807) is 54.7 Å². The van der Waals surface area contributed by atoms with Crippen molar-refractivity contribution in [2.24, 2.45) is 5.10 Å². The molecule has 2 N–H and O–H groups in total. The summed E-state index contributed by atoms with van der Waals surface area (Å²) >= 11 is 5.19. The summed E-state index contributed by atoms with van der Waals surface area (Å²) in [5, 5.41) is 7.51. The lowest BCUT2D eigenvalue weighted by atomic mass is 10.2. The molecule has 0 aliphatic rings. The molecule has 0 fully saturated rings. The summed E-state index contributed by atoms with van der Waals surface area (Å²) in [6.07, 6.45) is 1.62. The van der Waals surface area contributed by atoms with Crippen LogP contribution in [0.4, 0.5) is 5.69 Å². The first kappa shape index (κ1) is 21.0. The highest BCUT2D eigenvalue weighted by Crippen LogP contribution is 2.16. The number of anilines is 1. The normalized spacial score (nSPS) is 10.4. The lowest BCUT2D eigenvalue weighted by molar-refractivity contribution is 0.0734. The van der Waals surface area contributed by atoms with Crippen LogP contribution in [0.15, 0.2) is 84.0 Å². The van der Waals surface area contributed by atoms with Crippen molar-refractivity contribution in [3.8, 4) is 11.5 Å². The monoisotopic (exact) mass is 419 g/mol. The van der Waals surface area contributed by atoms with E-state index in [2.05, 4.69) is 15.8 Å². The molecule has 0 amide bonds. The van der Waals surface area contributed by atoms with Crippen molar-refractivity contribution < 1.29 is 14.3 Å². The zero-order chi connectivity index (χ0) is 21.2. The van der Waals surface area contributed by atoms with Crippen LogP contribution in [0.3, 0.4) is 0 Å². The number of hydrazone groups is 1. The summed E-state index contributed by atoms with van der Waals surface area (Å²) < 4.78 is 10.8. The van der Waals surface area contributed by atoms with Crippen LogP contribution < -0.4 is 20.2 Å². The lowest BCUT2D eigenvalue weighted by Gasteiger charge is -2.07. The molecule has 3 aromatic rings. The maximum absolute atomic E-state index is 12.2. The third-order valence-electron chi connectivity index (χ3n) is 3.90. The fourth-order valence-electron chi connectivity index (χ4n) is 2.49. The van der Waals surface area contributed by atoms with Gasteiger partial charge in [0.05, 0.1) is 18.4 Å². The Morgan fingerprint density at radius 2 is 1.63 bits per heavy atom. The first-order valence-corrected chi connectivity index (χ1v) is 9.75. The Morgan fingerprint density at radius 3 is 2.30 bits per heavy atom. The van der Waals surface area contributed by atoms with E-state index in [9.17, 15) is 4.79 Å². The van der Waals surface area contributed by atoms with E-state index >= 15 is 0 Å². The molecule has 0 aromatic heterocycles. The molecule has 0 heterocycles. The molecule has 0 unspecified atom stereocenters. The summed E-state index contributed by atoms with van der Waals surface area (Å²) in [6.45, 7) is 2.48. The van der Waals surface area contributed by atoms with Gasteiger partial charge in [-0.2, -0.15) is 5.10 Å². The molecule has 0 aliphatic carbocycles. The van der Waals surface area contributed by atoms with Gasteiger partial charge in [-0.1, -0.05) is 18.2 Å². The molecular weight excluding hydrogens is 398 g/mol. The van der Waals surface area contributed by atoms with Gasteiger partial charge >= 0.3 is 5.97 Å². The van der Waals surface area contributed by atoms with Crippen LogP contribution in [0.2, 0.25) is 0 Å². The van der Waals surface area contributed by atoms with E-state index in [4.69, 9.17) is 21.7 Å². The Hall–Kier alpha value is -3.71. The number of hydrogen-bond acceptors (Lipinski definition) is 5. The number of para-hydroxylation sites is 1. The number of nitrogens with zero attached hydrogens (tertiary/aromatic N) is 1. The van der Waals surface area contributed by atoms with Crippen molar-refractivity contribution >= 4 is 35.2 Å². The van der Waals surface area contributed by atoms with Crippen LogP contribution in [-0.2, 0) is 0 Å². The molecule has 3 rings (SSSR count). The van der Waals surface area contributed by atoms with Crippen LogP contribution in [0, 0.1) is 0 Å². The van der Waals surface area contributed by atoms with Gasteiger partial charge in [0, 0.05) is 5.69 Å². The van der Waals surface area contributed by atoms with E-state index in [-0.39, 0.29) is 0 Å². The second-order valence-corrected chi connectivity index (χ2v) is 6.51. The SMILES string of the molecule is CCOc1ccc(C(=O)Oc2ccc(C=NNC(=S)Nc3ccccc3)cc2)cc1. The molecule has 0 bridgehead atoms. The number of ether oxygens (including phenoxy) is 2. The highest BCUT2D eigenvalue weighted by atomic mass is 32.1. The molecule has 0 saturated carbocycles. The Kier molecular flexibility index (Phi) is 7.51. The fraction of sp³-hybridized carbons (Fsp3) is 0.0870. The summed E-state index contributed by atoms with van der Waals surface area (Å²) in [7, 11) is 0. The molecular formula is C23H21N3O3S. The van der Waals surface area contributed by atoms with E-state index in [1.807, 2.05) is 37.3 Å². The zero-order valence-electron chi connectivity index (χ0n) is 16.4. The molecule has 30 heavy (non-hydrogen) atoms. The standard InChI is InChI=1S/C23H21N3O3S/c1-2-28-20-14-10-18(11-15-20)22(27)29-21-12-8-17(9-13-21)16-24-26-23(30)25-19-6-4-3-5-7-19/h3-16H,2H2,1H3,(H2,25,26,30). The average Bonchev–Trinajstić information content (AvgIpc) is 2.76. The number of rotatable bonds is 7. The van der Waals surface area contributed by atoms with Gasteiger partial charge in [-0.05, 0) is 85.4 Å². The minimum Gasteiger partial charge on any atom is -0.494 e. The predicted octanol–water partition coefficient (Wildman–Crippen LogP) is 4.63. The molecule has 0 aliphatic heterocycles. The van der Waals surface area contributed by atoms with Gasteiger partial charge in [0.25, 0.3) is 0 Å². The second-order valence-electron chi connectivity index (χ2n) is 6.11. The number of esters is 1. The van der Waals surface area contributed by atoms with Gasteiger partial charge in [0.15, 0.2) is 5.11 Å². The molecule has 0 saturated heterocycles. The van der Waals surface area contributed by atoms with E-state index < -0.39 is 5.97 Å². The molecule has 0 atom stereocenters. The van der Waals surface area contributed by atoms with Gasteiger partial charge in [-0.25, -0.2) is 4.79 Å². The summed E-state index contributed by atoms with van der Waals surface area (Å²) in [5.41, 5.74) is 4.91. The van der Waals surface area contributed by atoms with Crippen LogP contribution in [-0.4, -0.2) is 23.9 Å². The first-order valence-electron chi connectivity index (χ1n) is 9.34. The van der Waals surface area contributed by atoms with E-state index in [0.717, 1.165) is 11.3 Å². The van der Waals surface area contributed by atoms with Gasteiger partial charge in [-0.15, -0.1) is 0 Å². The fourth-order valence-corrected chi connectivity index (χ4v) is 2.66. The van der Waals surface area contributed by atoms with Crippen LogP contribution >= 0.6 is 12.2 Å². The largest absolute Gasteiger partial charge is 0.494 e. The smallest absolute Gasteiger partial charge is 0.343 e. The van der Waals surface area contributed by atoms with Crippen molar-refractivity contribution in [1.82, 2.24) is 5.43 Å². The summed E-state index contributed by atoms with van der Waals surface area (Å²) in [4.78, 5) is 12.2. The van der Waals surface area contributed by atoms with Gasteiger partial charge in [0.1, 0.15) is 11.5 Å². The van der Waals surface area contributed by atoms with E-state index in [1.165, 1.54) is 0 Å². The average molecular weight is 420 g/mol. The minimum absolute atomic E-state index is 0.387. The molecule has 6 nitrogen and oxygen atoms in total. The van der Waals surface area contributed by atoms with E-state index in [0.29, 0.717) is 28.8 Å². The van der Waals surface area contributed by atoms with Crippen molar-refractivity contribution in [3.63, 3.8) is 0 Å². The van der Waals surface area contributed by atoms with Gasteiger partial charge in [0.2, 0.25) is 0 Å². The highest BCUT2D eigenvalue weighted by Gasteiger charge is 2.08. The maximum Gasteiger partial charge on any atom is 0.343 e. The molecule has 152 valence electrons. The quantitative estimate of drug-likeness (QED) is 0.191. The summed E-state index contributed by atoms with van der Waals surface area (Å²) in [5.74, 6) is 0.725. The second kappa shape index (κ2) is 10.7. The number of benzene rings is 3. The van der Waals surface area contributed by atoms with Crippen LogP contribution in [0.1, 0.15) is 22.8 Å². The zero-order valence-corrected chi connectivity index (χ0v) is 17.2. The van der Waals surface area contributed by atoms with Crippen molar-refractivity contribution in [1.29, 1.82) is 0 Å². The number of carbonyl (C=O) groups excluding carboxylic acids is 1. The van der Waals surface area contributed by atoms with Gasteiger partial charge < -0.3 is 14.8 Å². The first-order chi connectivity index (χ1) is 14.6. The maximum atomic E-state index is 12.2. The molecule has 3 aromatic carbocycles. The highest BCUT2D eigenvalue weighted by molar-refractivity contribution is 7.80. The number of nitrogens with one attached hydrogen (secondary N) is 2. The van der Waals surface area contributed by atoms with Crippen molar-refractivity contribution in [3.05, 3.63) is 90.0 Å².